The maximum atomic E-state index is 12.7. The number of rotatable bonds is 3. The van der Waals surface area contributed by atoms with Gasteiger partial charge in [0.15, 0.2) is 0 Å². The number of hydrogen-bond acceptors (Lipinski definition) is 3. The molecule has 0 saturated carbocycles. The molecule has 1 rings (SSSR count). The van der Waals surface area contributed by atoms with Gasteiger partial charge in [0.05, 0.1) is 18.4 Å². The summed E-state index contributed by atoms with van der Waals surface area (Å²) in [4.78, 5) is 11.6. The Morgan fingerprint density at radius 1 is 1.35 bits per heavy atom. The number of methoxy groups -OCH3 is 1. The van der Waals surface area contributed by atoms with E-state index in [2.05, 4.69) is 4.74 Å². The van der Waals surface area contributed by atoms with E-state index in [9.17, 15) is 18.0 Å². The molecule has 6 heteroatoms. The molecule has 1 aromatic rings. The predicted molar refractivity (Wildman–Crippen MR) is 56.9 cm³/mol. The maximum Gasteiger partial charge on any atom is 0.484 e. The lowest BCUT2D eigenvalue weighted by molar-refractivity contribution is -0.128. The Balaban J connectivity index is 3.25. The Kier molecular flexibility index (Phi) is 3.98. The van der Waals surface area contributed by atoms with Crippen LogP contribution < -0.4 is 4.90 Å². The molecule has 17 heavy (non-hydrogen) atoms. The fraction of sp³-hybridized carbons (Fsp3) is 0.364. The van der Waals surface area contributed by atoms with Crippen LogP contribution >= 0.6 is 0 Å². The van der Waals surface area contributed by atoms with E-state index in [0.29, 0.717) is 0 Å². The van der Waals surface area contributed by atoms with Crippen molar-refractivity contribution in [3.63, 3.8) is 0 Å². The third-order valence-electron chi connectivity index (χ3n) is 2.22. The minimum Gasteiger partial charge on any atom is -0.465 e. The van der Waals surface area contributed by atoms with Crippen LogP contribution in [0.5, 0.6) is 0 Å². The van der Waals surface area contributed by atoms with E-state index in [1.807, 2.05) is 0 Å². The minimum atomic E-state index is -4.53. The van der Waals surface area contributed by atoms with Gasteiger partial charge in [0, 0.05) is 6.54 Å². The zero-order valence-electron chi connectivity index (χ0n) is 9.41. The molecule has 0 aliphatic carbocycles. The number of nitrogens with zero attached hydrogens (tertiary/aromatic N) is 1. The summed E-state index contributed by atoms with van der Waals surface area (Å²) >= 11 is 0. The highest BCUT2D eigenvalue weighted by atomic mass is 19.4. The summed E-state index contributed by atoms with van der Waals surface area (Å²) in [7, 11) is 1.13. The Labute approximate surface area is 96.8 Å². The van der Waals surface area contributed by atoms with Crippen molar-refractivity contribution in [2.75, 3.05) is 18.6 Å². The molecule has 0 fully saturated rings. The van der Waals surface area contributed by atoms with Gasteiger partial charge in [-0.2, -0.15) is 13.2 Å². The molecule has 0 heterocycles. The second-order valence-corrected chi connectivity index (χ2v) is 3.22. The van der Waals surface area contributed by atoms with Crippen molar-refractivity contribution in [3.8, 4) is 0 Å². The SMILES string of the molecule is CCN(c1ccccc1C(=O)OC)C(F)(F)F. The highest BCUT2D eigenvalue weighted by Crippen LogP contribution is 2.31. The lowest BCUT2D eigenvalue weighted by atomic mass is 10.1. The number of esters is 1. The van der Waals surface area contributed by atoms with Gasteiger partial charge in [-0.15, -0.1) is 0 Å². The van der Waals surface area contributed by atoms with Crippen molar-refractivity contribution in [3.05, 3.63) is 29.8 Å². The van der Waals surface area contributed by atoms with Crippen LogP contribution in [0.4, 0.5) is 18.9 Å². The minimum absolute atomic E-state index is 0.103. The Morgan fingerprint density at radius 2 is 1.94 bits per heavy atom. The van der Waals surface area contributed by atoms with Gasteiger partial charge in [0.25, 0.3) is 0 Å². The summed E-state index contributed by atoms with van der Waals surface area (Å²) in [5, 5.41) is 0. The highest BCUT2D eigenvalue weighted by molar-refractivity contribution is 5.95. The number of anilines is 1. The first-order valence-electron chi connectivity index (χ1n) is 4.93. The summed E-state index contributed by atoms with van der Waals surface area (Å²) < 4.78 is 42.6. The highest BCUT2D eigenvalue weighted by Gasteiger charge is 2.38. The fourth-order valence-electron chi connectivity index (χ4n) is 1.48. The van der Waals surface area contributed by atoms with E-state index in [1.165, 1.54) is 31.2 Å². The normalized spacial score (nSPS) is 11.1. The van der Waals surface area contributed by atoms with E-state index in [0.717, 1.165) is 7.11 Å². The molecule has 0 N–H and O–H groups in total. The lowest BCUT2D eigenvalue weighted by Crippen LogP contribution is -2.38. The zero-order valence-corrected chi connectivity index (χ0v) is 9.41. The van der Waals surface area contributed by atoms with Crippen LogP contribution in [0.25, 0.3) is 0 Å². The number of hydrogen-bond donors (Lipinski definition) is 0. The van der Waals surface area contributed by atoms with Gasteiger partial charge >= 0.3 is 12.3 Å². The largest absolute Gasteiger partial charge is 0.484 e. The number of halogens is 3. The summed E-state index contributed by atoms with van der Waals surface area (Å²) in [6.07, 6.45) is -4.53. The molecule has 0 aliphatic rings. The zero-order chi connectivity index (χ0) is 13.1. The topological polar surface area (TPSA) is 29.5 Å². The number of para-hydroxylation sites is 1. The van der Waals surface area contributed by atoms with Gasteiger partial charge < -0.3 is 4.74 Å². The molecule has 0 atom stereocenters. The van der Waals surface area contributed by atoms with Crippen molar-refractivity contribution < 1.29 is 22.7 Å². The molecule has 0 radical (unpaired) electrons. The summed E-state index contributed by atoms with van der Waals surface area (Å²) in [5.74, 6) is -0.789. The van der Waals surface area contributed by atoms with Crippen molar-refractivity contribution in [1.82, 2.24) is 0 Å². The number of ether oxygens (including phenoxy) is 1. The van der Waals surface area contributed by atoms with E-state index in [4.69, 9.17) is 0 Å². The van der Waals surface area contributed by atoms with Crippen molar-refractivity contribution >= 4 is 11.7 Å². The van der Waals surface area contributed by atoms with Crippen molar-refractivity contribution in [2.45, 2.75) is 13.2 Å². The van der Waals surface area contributed by atoms with Gasteiger partial charge in [0.1, 0.15) is 0 Å². The molecular weight excluding hydrogens is 235 g/mol. The molecule has 1 aromatic carbocycles. The van der Waals surface area contributed by atoms with E-state index >= 15 is 0 Å². The molecule has 0 bridgehead atoms. The first kappa shape index (κ1) is 13.3. The predicted octanol–water partition coefficient (Wildman–Crippen LogP) is 2.82. The summed E-state index contributed by atoms with van der Waals surface area (Å²) in [6.45, 7) is 1.08. The van der Waals surface area contributed by atoms with Crippen LogP contribution in [0.2, 0.25) is 0 Å². The van der Waals surface area contributed by atoms with Crippen LogP contribution in [0.15, 0.2) is 24.3 Å². The molecule has 0 aliphatic heterocycles. The molecule has 94 valence electrons. The quantitative estimate of drug-likeness (QED) is 0.607. The molecule has 0 saturated heterocycles. The number of alkyl halides is 3. The van der Waals surface area contributed by atoms with Crippen molar-refractivity contribution in [1.29, 1.82) is 0 Å². The summed E-state index contributed by atoms with van der Waals surface area (Å²) in [6, 6.07) is 5.47. The number of benzene rings is 1. The second-order valence-electron chi connectivity index (χ2n) is 3.22. The number of carbonyl (C=O) groups excluding carboxylic acids is 1. The van der Waals surface area contributed by atoms with Crippen LogP contribution in [-0.2, 0) is 4.74 Å². The smallest absolute Gasteiger partial charge is 0.465 e. The number of carbonyl (C=O) groups is 1. The van der Waals surface area contributed by atoms with Crippen LogP contribution in [0.3, 0.4) is 0 Å². The van der Waals surface area contributed by atoms with E-state index < -0.39 is 12.3 Å². The van der Waals surface area contributed by atoms with E-state index in [-0.39, 0.29) is 22.7 Å². The van der Waals surface area contributed by atoms with Gasteiger partial charge in [-0.05, 0) is 19.1 Å². The molecule has 0 unspecified atom stereocenters. The second kappa shape index (κ2) is 5.07. The third kappa shape index (κ3) is 2.89. The lowest BCUT2D eigenvalue weighted by Gasteiger charge is -2.26. The van der Waals surface area contributed by atoms with Gasteiger partial charge in [-0.1, -0.05) is 12.1 Å². The Bertz CT molecular complexity index is 404. The third-order valence-corrected chi connectivity index (χ3v) is 2.22. The average Bonchev–Trinajstić information content (AvgIpc) is 2.28. The fourth-order valence-corrected chi connectivity index (χ4v) is 1.48. The first-order valence-corrected chi connectivity index (χ1v) is 4.93. The van der Waals surface area contributed by atoms with E-state index in [1.54, 1.807) is 0 Å². The van der Waals surface area contributed by atoms with Crippen LogP contribution in [-0.4, -0.2) is 25.9 Å². The molecular formula is C11H12F3NO2. The molecule has 0 amide bonds. The monoisotopic (exact) mass is 247 g/mol. The van der Waals surface area contributed by atoms with Gasteiger partial charge in [-0.25, -0.2) is 4.79 Å². The summed E-state index contributed by atoms with van der Waals surface area (Å²) in [5.41, 5.74) is -0.302. The average molecular weight is 247 g/mol. The standard InChI is InChI=1S/C11H12F3NO2/c1-3-15(11(12,13)14)9-7-5-4-6-8(9)10(16)17-2/h4-7H,3H2,1-2H3. The molecule has 0 spiro atoms. The van der Waals surface area contributed by atoms with Gasteiger partial charge in [0.2, 0.25) is 0 Å². The molecule has 0 aromatic heterocycles. The van der Waals surface area contributed by atoms with Gasteiger partial charge in [-0.3, -0.25) is 4.90 Å². The Morgan fingerprint density at radius 3 is 2.41 bits per heavy atom. The maximum absolute atomic E-state index is 12.7. The van der Waals surface area contributed by atoms with Crippen LogP contribution in [0, 0.1) is 0 Å². The first-order chi connectivity index (χ1) is 7.91. The van der Waals surface area contributed by atoms with Crippen molar-refractivity contribution in [2.24, 2.45) is 0 Å². The van der Waals surface area contributed by atoms with Crippen LogP contribution in [0.1, 0.15) is 17.3 Å². The molecule has 3 nitrogen and oxygen atoms in total. The Hall–Kier alpha value is -1.72.